The van der Waals surface area contributed by atoms with E-state index in [9.17, 15) is 0 Å². The van der Waals surface area contributed by atoms with Crippen LogP contribution in [-0.2, 0) is 15.4 Å². The maximum Gasteiger partial charge on any atom is 0.147 e. The summed E-state index contributed by atoms with van der Waals surface area (Å²) in [5.41, 5.74) is 3.47. The Morgan fingerprint density at radius 1 is 0.696 bits per heavy atom. The van der Waals surface area contributed by atoms with Gasteiger partial charge in [0.05, 0.1) is 0 Å². The zero-order valence-corrected chi connectivity index (χ0v) is 17.6. The maximum absolute atomic E-state index is 6.45. The average molecular weight is 327 g/mol. The monoisotopic (exact) mass is 326 g/mol. The molecule has 0 saturated carbocycles. The predicted octanol–water partition coefficient (Wildman–Crippen LogP) is 4.57. The van der Waals surface area contributed by atoms with Crippen molar-refractivity contribution in [1.29, 1.82) is 0 Å². The van der Waals surface area contributed by atoms with Crippen LogP contribution >= 0.6 is 0 Å². The molecule has 0 bridgehead atoms. The Morgan fingerprint density at radius 3 is 1.61 bits per heavy atom. The Kier molecular flexibility index (Phi) is 4.88. The van der Waals surface area contributed by atoms with Gasteiger partial charge in [-0.1, -0.05) is 96.1 Å². The van der Waals surface area contributed by atoms with Crippen LogP contribution in [0.3, 0.4) is 0 Å². The highest BCUT2D eigenvalue weighted by Gasteiger charge is 2.46. The molecule has 2 heteroatoms. The van der Waals surface area contributed by atoms with Crippen LogP contribution in [0.5, 0.6) is 0 Å². The largest absolute Gasteiger partial charge is 0.414 e. The van der Waals surface area contributed by atoms with E-state index in [2.05, 4.69) is 96.1 Å². The molecule has 0 aliphatic rings. The molecule has 2 rings (SSSR count). The number of benzene rings is 2. The van der Waals surface area contributed by atoms with Gasteiger partial charge in [0, 0.05) is 0 Å². The van der Waals surface area contributed by atoms with Gasteiger partial charge in [0.25, 0.3) is 0 Å². The Bertz CT molecular complexity index is 650. The second kappa shape index (κ2) is 6.25. The molecule has 0 aromatic heterocycles. The van der Waals surface area contributed by atoms with Gasteiger partial charge < -0.3 is 4.43 Å². The fraction of sp³-hybridized carbons (Fsp3) is 0.429. The topological polar surface area (TPSA) is 9.23 Å². The van der Waals surface area contributed by atoms with Crippen LogP contribution in [0.1, 0.15) is 58.2 Å². The smallest absolute Gasteiger partial charge is 0.147 e. The van der Waals surface area contributed by atoms with E-state index in [1.807, 2.05) is 0 Å². The van der Waals surface area contributed by atoms with Crippen LogP contribution in [0.2, 0.25) is 0 Å². The molecule has 0 spiro atoms. The molecule has 0 amide bonds. The number of hydrogen-bond donors (Lipinski definition) is 0. The van der Waals surface area contributed by atoms with Crippen LogP contribution in [0.4, 0.5) is 0 Å². The second-order valence-electron chi connectivity index (χ2n) is 8.30. The van der Waals surface area contributed by atoms with Crippen molar-refractivity contribution >= 4 is 10.5 Å². The summed E-state index contributed by atoms with van der Waals surface area (Å²) in [5.74, 6) is 0. The minimum atomic E-state index is -0.426. The lowest BCUT2D eigenvalue weighted by atomic mass is 9.65. The van der Waals surface area contributed by atoms with E-state index in [0.29, 0.717) is 10.5 Å². The van der Waals surface area contributed by atoms with Gasteiger partial charge in [-0.3, -0.25) is 0 Å². The first-order chi connectivity index (χ1) is 10.6. The first-order valence-electron chi connectivity index (χ1n) is 8.35. The molecule has 0 fully saturated rings. The summed E-state index contributed by atoms with van der Waals surface area (Å²) in [6.07, 6.45) is 0. The molecule has 0 aliphatic carbocycles. The summed E-state index contributed by atoms with van der Waals surface area (Å²) in [6, 6.07) is 19.4. The van der Waals surface area contributed by atoms with Crippen molar-refractivity contribution in [3.63, 3.8) is 0 Å². The SMILES string of the molecule is CC(C)(C)c1ccccc1C(O[SiH3])(c1ccccc1)C(C)(C)C. The van der Waals surface area contributed by atoms with Crippen molar-refractivity contribution in [2.45, 2.75) is 52.6 Å². The van der Waals surface area contributed by atoms with Gasteiger partial charge in [-0.25, -0.2) is 0 Å². The lowest BCUT2D eigenvalue weighted by Gasteiger charge is -2.47. The first-order valence-corrected chi connectivity index (χ1v) is 9.17. The fourth-order valence-corrected chi connectivity index (χ4v) is 4.71. The molecule has 2 aromatic rings. The van der Waals surface area contributed by atoms with Crippen molar-refractivity contribution in [1.82, 2.24) is 0 Å². The number of hydrogen-bond acceptors (Lipinski definition) is 1. The standard InChI is InChI=1S/C21H30OSi/c1-19(2,3)17-14-10-11-15-18(17)21(22-23,20(4,5)6)16-12-8-7-9-13-16/h7-15H,1-6,23H3. The van der Waals surface area contributed by atoms with Crippen LogP contribution in [0.15, 0.2) is 54.6 Å². The molecule has 1 atom stereocenters. The van der Waals surface area contributed by atoms with Gasteiger partial charge >= 0.3 is 0 Å². The molecule has 0 aliphatic heterocycles. The van der Waals surface area contributed by atoms with Gasteiger partial charge in [-0.2, -0.15) is 0 Å². The Balaban J connectivity index is 2.86. The Hall–Kier alpha value is -1.38. The Labute approximate surface area is 144 Å². The fourth-order valence-electron chi connectivity index (χ4n) is 3.64. The molecule has 2 aromatic carbocycles. The van der Waals surface area contributed by atoms with E-state index in [0.717, 1.165) is 0 Å². The first kappa shape index (κ1) is 18.0. The molecule has 0 N–H and O–H groups in total. The zero-order chi connectivity index (χ0) is 17.3. The molecule has 0 radical (unpaired) electrons. The van der Waals surface area contributed by atoms with Gasteiger partial charge in [-0.15, -0.1) is 0 Å². The van der Waals surface area contributed by atoms with Gasteiger partial charge in [0.15, 0.2) is 0 Å². The highest BCUT2D eigenvalue weighted by Crippen LogP contribution is 2.49. The normalized spacial score (nSPS) is 15.4. The molecular formula is C21H30OSi. The summed E-state index contributed by atoms with van der Waals surface area (Å²) < 4.78 is 6.45. The predicted molar refractivity (Wildman–Crippen MR) is 103 cm³/mol. The third-order valence-corrected chi connectivity index (χ3v) is 5.27. The summed E-state index contributed by atoms with van der Waals surface area (Å²) in [5, 5.41) is 0. The van der Waals surface area contributed by atoms with E-state index >= 15 is 0 Å². The lowest BCUT2D eigenvalue weighted by molar-refractivity contribution is 0.00531. The maximum atomic E-state index is 6.45. The highest BCUT2D eigenvalue weighted by molar-refractivity contribution is 5.98. The van der Waals surface area contributed by atoms with E-state index in [-0.39, 0.29) is 10.8 Å². The highest BCUT2D eigenvalue weighted by atomic mass is 28.2. The molecule has 124 valence electrons. The molecule has 23 heavy (non-hydrogen) atoms. The van der Waals surface area contributed by atoms with Gasteiger partial charge in [0.1, 0.15) is 16.1 Å². The summed E-state index contributed by atoms with van der Waals surface area (Å²) in [6.45, 7) is 13.7. The van der Waals surface area contributed by atoms with Crippen LogP contribution in [-0.4, -0.2) is 10.5 Å². The quantitative estimate of drug-likeness (QED) is 0.751. The molecular weight excluding hydrogens is 296 g/mol. The average Bonchev–Trinajstić information content (AvgIpc) is 2.48. The van der Waals surface area contributed by atoms with E-state index < -0.39 is 5.60 Å². The van der Waals surface area contributed by atoms with E-state index in [1.54, 1.807) is 0 Å². The summed E-state index contributed by atoms with van der Waals surface area (Å²) >= 11 is 0. The minimum absolute atomic E-state index is 0.0581. The second-order valence-corrected chi connectivity index (χ2v) is 8.71. The molecule has 0 heterocycles. The van der Waals surface area contributed by atoms with Crippen molar-refractivity contribution in [2.24, 2.45) is 5.41 Å². The van der Waals surface area contributed by atoms with Crippen LogP contribution < -0.4 is 0 Å². The van der Waals surface area contributed by atoms with Gasteiger partial charge in [-0.05, 0) is 27.5 Å². The third kappa shape index (κ3) is 3.15. The number of rotatable bonds is 3. The Morgan fingerprint density at radius 2 is 1.17 bits per heavy atom. The molecule has 1 nitrogen and oxygen atoms in total. The summed E-state index contributed by atoms with van der Waals surface area (Å²) in [7, 11) is 0.681. The van der Waals surface area contributed by atoms with Crippen molar-refractivity contribution in [3.05, 3.63) is 71.3 Å². The van der Waals surface area contributed by atoms with E-state index in [1.165, 1.54) is 16.7 Å². The van der Waals surface area contributed by atoms with Gasteiger partial charge in [0.2, 0.25) is 0 Å². The minimum Gasteiger partial charge on any atom is -0.414 e. The van der Waals surface area contributed by atoms with Crippen molar-refractivity contribution < 1.29 is 4.43 Å². The van der Waals surface area contributed by atoms with Crippen LogP contribution in [0.25, 0.3) is 0 Å². The lowest BCUT2D eigenvalue weighted by Crippen LogP contribution is -2.45. The third-order valence-electron chi connectivity index (χ3n) is 4.66. The zero-order valence-electron chi connectivity index (χ0n) is 15.6. The van der Waals surface area contributed by atoms with Crippen LogP contribution in [0, 0.1) is 5.41 Å². The molecule has 0 saturated heterocycles. The van der Waals surface area contributed by atoms with E-state index in [4.69, 9.17) is 4.43 Å². The van der Waals surface area contributed by atoms with Crippen molar-refractivity contribution in [2.75, 3.05) is 0 Å². The van der Waals surface area contributed by atoms with Crippen molar-refractivity contribution in [3.8, 4) is 0 Å². The summed E-state index contributed by atoms with van der Waals surface area (Å²) in [4.78, 5) is 0. The molecule has 1 unspecified atom stereocenters.